The van der Waals surface area contributed by atoms with Crippen LogP contribution in [0.5, 0.6) is 5.75 Å². The standard InChI is InChI=1S/C45H67F4N5O18S2/c1-3-7-54(71-4-2)44(56)33-28-38-37(52-39(50)29-33)30-34(73-38)32-70-45(57)53-74(58,59)51-6-9-61-11-13-63-15-17-65-19-21-67-23-25-69-27-26-68-24-22-66-20-18-64-16-14-62-12-10-60-8-5-40(55)72-43-41(48)35(46)31-36(47)42(43)49/h28,30-31,51H,3-27,29,32H2,1-2H3,(H2,50,52)(H,53,57). The highest BCUT2D eigenvalue weighted by atomic mass is 32.2. The van der Waals surface area contributed by atoms with Gasteiger partial charge in [-0.15, -0.1) is 11.3 Å². The van der Waals surface area contributed by atoms with Crippen LogP contribution in [0.2, 0.25) is 0 Å². The summed E-state index contributed by atoms with van der Waals surface area (Å²) in [5.74, 6) is -9.66. The summed E-state index contributed by atoms with van der Waals surface area (Å²) in [5.41, 5.74) is 6.96. The van der Waals surface area contributed by atoms with Crippen molar-refractivity contribution >= 4 is 57.1 Å². The molecular weight excluding hydrogens is 1040 g/mol. The smallest absolute Gasteiger partial charge is 0.422 e. The molecule has 0 saturated carbocycles. The van der Waals surface area contributed by atoms with Gasteiger partial charge < -0.3 is 62.6 Å². The van der Waals surface area contributed by atoms with Gasteiger partial charge >= 0.3 is 22.3 Å². The number of halogens is 4. The molecule has 0 radical (unpaired) electrons. The number of hydrogen-bond acceptors (Lipinski definition) is 21. The van der Waals surface area contributed by atoms with Crippen LogP contribution in [0.3, 0.4) is 0 Å². The number of aliphatic imine (C=N–C) groups is 1. The number of carbonyl (C=O) groups is 3. The number of nitrogens with one attached hydrogen (secondary N) is 2. The Morgan fingerprint density at radius 3 is 1.61 bits per heavy atom. The third-order valence-corrected chi connectivity index (χ3v) is 11.2. The number of thiophene rings is 1. The average Bonchev–Trinajstić information content (AvgIpc) is 3.66. The SMILES string of the molecule is CCCN(OCC)C(=O)C1=Cc2sc(COC(=O)NS(=O)(=O)NCCOCCOCCOCCOCCOCCOCCOCCOCCOCCOCCC(=O)Oc3c(F)c(F)cc(F)c3F)cc2N=C(N)C1. The molecule has 1 aromatic carbocycles. The Hall–Kier alpha value is -4.47. The molecule has 0 saturated heterocycles. The number of nitrogens with zero attached hydrogens (tertiary/aromatic N) is 2. The number of hydrogen-bond donors (Lipinski definition) is 3. The molecule has 74 heavy (non-hydrogen) atoms. The van der Waals surface area contributed by atoms with Crippen LogP contribution < -0.4 is 19.9 Å². The molecule has 0 atom stereocenters. The fourth-order valence-corrected chi connectivity index (χ4v) is 7.47. The van der Waals surface area contributed by atoms with Crippen molar-refractivity contribution in [2.75, 3.05) is 152 Å². The number of amidine groups is 1. The Labute approximate surface area is 431 Å². The van der Waals surface area contributed by atoms with Crippen molar-refractivity contribution < 1.29 is 102 Å². The van der Waals surface area contributed by atoms with Gasteiger partial charge in [0.2, 0.25) is 17.4 Å². The first-order valence-corrected chi connectivity index (χ1v) is 25.9. The Morgan fingerprint density at radius 1 is 0.689 bits per heavy atom. The van der Waals surface area contributed by atoms with E-state index < -0.39 is 57.7 Å². The van der Waals surface area contributed by atoms with E-state index in [1.807, 2.05) is 6.92 Å². The van der Waals surface area contributed by atoms with E-state index in [-0.39, 0.29) is 83.6 Å². The van der Waals surface area contributed by atoms with Crippen molar-refractivity contribution in [2.45, 2.75) is 39.7 Å². The van der Waals surface area contributed by atoms with Crippen molar-refractivity contribution in [1.82, 2.24) is 14.5 Å². The molecule has 1 aliphatic heterocycles. The molecule has 0 fully saturated rings. The highest BCUT2D eigenvalue weighted by Gasteiger charge is 2.25. The number of ether oxygens (including phenoxy) is 12. The minimum absolute atomic E-state index is 0.00827. The Balaban J connectivity index is 1.02. The Bertz CT molecular complexity index is 2110. The molecule has 0 aliphatic carbocycles. The number of carbonyl (C=O) groups excluding carboxylic acids is 3. The molecule has 2 heterocycles. The summed E-state index contributed by atoms with van der Waals surface area (Å²) in [6.45, 7) is 9.66. The van der Waals surface area contributed by atoms with Crippen LogP contribution >= 0.6 is 11.3 Å². The van der Waals surface area contributed by atoms with Gasteiger partial charge in [-0.3, -0.25) is 14.4 Å². The van der Waals surface area contributed by atoms with Crippen molar-refractivity contribution in [3.8, 4) is 5.75 Å². The number of esters is 1. The van der Waals surface area contributed by atoms with E-state index in [0.717, 1.165) is 0 Å². The van der Waals surface area contributed by atoms with Crippen molar-refractivity contribution in [3.63, 3.8) is 0 Å². The number of fused-ring (bicyclic) bond motifs is 1. The normalized spacial score (nSPS) is 12.5. The first-order chi connectivity index (χ1) is 35.7. The first-order valence-electron chi connectivity index (χ1n) is 23.6. The van der Waals surface area contributed by atoms with Crippen LogP contribution in [0.25, 0.3) is 6.08 Å². The number of amides is 2. The minimum atomic E-state index is -4.23. The zero-order valence-electron chi connectivity index (χ0n) is 41.5. The van der Waals surface area contributed by atoms with E-state index in [2.05, 4.69) is 14.5 Å². The quantitative estimate of drug-likeness (QED) is 0.0214. The average molecular weight is 1110 g/mol. The van der Waals surface area contributed by atoms with E-state index >= 15 is 0 Å². The Kier molecular flexibility index (Phi) is 32.9. The zero-order chi connectivity index (χ0) is 53.8. The molecule has 2 amide bonds. The summed E-state index contributed by atoms with van der Waals surface area (Å²) < 4.78 is 145. The lowest BCUT2D eigenvalue weighted by Gasteiger charge is -2.21. The predicted octanol–water partition coefficient (Wildman–Crippen LogP) is 3.49. The van der Waals surface area contributed by atoms with E-state index in [4.69, 9.17) is 62.7 Å². The fourth-order valence-electron chi connectivity index (χ4n) is 5.79. The van der Waals surface area contributed by atoms with Crippen molar-refractivity contribution in [3.05, 3.63) is 50.7 Å². The van der Waals surface area contributed by atoms with E-state index in [1.54, 1.807) is 23.8 Å². The predicted molar refractivity (Wildman–Crippen MR) is 257 cm³/mol. The lowest BCUT2D eigenvalue weighted by Crippen LogP contribution is -2.41. The lowest BCUT2D eigenvalue weighted by atomic mass is 10.1. The number of nitrogens with two attached hydrogens (primary N) is 1. The molecular formula is C45H67F4N5O18S2. The second kappa shape index (κ2) is 38.1. The second-order valence-corrected chi connectivity index (χ2v) is 17.6. The van der Waals surface area contributed by atoms with Gasteiger partial charge in [0.25, 0.3) is 5.91 Å². The topological polar surface area (TPSA) is 271 Å². The highest BCUT2D eigenvalue weighted by molar-refractivity contribution is 7.88. The third-order valence-electron chi connectivity index (χ3n) is 9.13. The zero-order valence-corrected chi connectivity index (χ0v) is 43.1. The summed E-state index contributed by atoms with van der Waals surface area (Å²) >= 11 is 1.22. The van der Waals surface area contributed by atoms with Crippen molar-refractivity contribution in [2.24, 2.45) is 10.7 Å². The molecule has 420 valence electrons. The van der Waals surface area contributed by atoms with Gasteiger partial charge in [0.1, 0.15) is 12.4 Å². The van der Waals surface area contributed by atoms with Crippen LogP contribution in [0.15, 0.2) is 22.7 Å². The van der Waals surface area contributed by atoms with E-state index in [9.17, 15) is 40.4 Å². The molecule has 2 aromatic rings. The molecule has 23 nitrogen and oxygen atoms in total. The van der Waals surface area contributed by atoms with Gasteiger partial charge in [-0.2, -0.15) is 21.9 Å². The monoisotopic (exact) mass is 1110 g/mol. The van der Waals surface area contributed by atoms with Gasteiger partial charge in [-0.1, -0.05) is 6.92 Å². The summed E-state index contributed by atoms with van der Waals surface area (Å²) in [5, 5.41) is 1.30. The minimum Gasteiger partial charge on any atom is -0.443 e. The third kappa shape index (κ3) is 27.4. The molecule has 0 spiro atoms. The van der Waals surface area contributed by atoms with Crippen LogP contribution in [-0.2, 0) is 83.3 Å². The molecule has 4 N–H and O–H groups in total. The Morgan fingerprint density at radius 2 is 1.15 bits per heavy atom. The summed E-state index contributed by atoms with van der Waals surface area (Å²) in [7, 11) is -4.23. The number of benzene rings is 1. The van der Waals surface area contributed by atoms with Crippen LogP contribution in [-0.4, -0.2) is 189 Å². The van der Waals surface area contributed by atoms with Crippen LogP contribution in [0, 0.1) is 23.3 Å². The maximum atomic E-state index is 13.6. The van der Waals surface area contributed by atoms with Crippen LogP contribution in [0.4, 0.5) is 28.0 Å². The van der Waals surface area contributed by atoms with Crippen molar-refractivity contribution in [1.29, 1.82) is 0 Å². The van der Waals surface area contributed by atoms with Gasteiger partial charge in [0.15, 0.2) is 11.6 Å². The van der Waals surface area contributed by atoms with E-state index in [1.165, 1.54) is 16.4 Å². The highest BCUT2D eigenvalue weighted by Crippen LogP contribution is 2.35. The molecule has 0 unspecified atom stereocenters. The first kappa shape index (κ1) is 63.8. The molecule has 1 aromatic heterocycles. The summed E-state index contributed by atoms with van der Waals surface area (Å²) in [4.78, 5) is 48.1. The van der Waals surface area contributed by atoms with E-state index in [0.29, 0.717) is 126 Å². The molecule has 3 rings (SSSR count). The number of rotatable bonds is 43. The maximum absolute atomic E-state index is 13.6. The maximum Gasteiger partial charge on any atom is 0.422 e. The van der Waals surface area contributed by atoms with Gasteiger partial charge in [0.05, 0.1) is 156 Å². The fraction of sp³-hybridized carbons (Fsp3) is 0.644. The molecule has 29 heteroatoms. The number of hydroxylamine groups is 2. The largest absolute Gasteiger partial charge is 0.443 e. The molecule has 0 bridgehead atoms. The summed E-state index contributed by atoms with van der Waals surface area (Å²) in [6.07, 6.45) is 0.912. The van der Waals surface area contributed by atoms with Gasteiger partial charge in [-0.25, -0.2) is 28.4 Å². The van der Waals surface area contributed by atoms with Gasteiger partial charge in [-0.05, 0) is 25.5 Å². The van der Waals surface area contributed by atoms with Gasteiger partial charge in [0, 0.05) is 36.0 Å². The van der Waals surface area contributed by atoms with Crippen LogP contribution in [0.1, 0.15) is 42.9 Å². The molecule has 1 aliphatic rings. The lowest BCUT2D eigenvalue weighted by molar-refractivity contribution is -0.180. The second-order valence-electron chi connectivity index (χ2n) is 15.0. The summed E-state index contributed by atoms with van der Waals surface area (Å²) in [6, 6.07) is 1.66.